The van der Waals surface area contributed by atoms with Crippen LogP contribution in [0.1, 0.15) is 38.2 Å². The first kappa shape index (κ1) is 16.3. The molecular formula is C16H25NO3S. The summed E-state index contributed by atoms with van der Waals surface area (Å²) in [7, 11) is -1.73. The lowest BCUT2D eigenvalue weighted by molar-refractivity contribution is 0.184. The number of hydrogen-bond acceptors (Lipinski definition) is 4. The van der Waals surface area contributed by atoms with Crippen molar-refractivity contribution in [1.29, 1.82) is 0 Å². The van der Waals surface area contributed by atoms with Crippen molar-refractivity contribution in [3.63, 3.8) is 0 Å². The Morgan fingerprint density at radius 3 is 2.62 bits per heavy atom. The van der Waals surface area contributed by atoms with Gasteiger partial charge in [-0.1, -0.05) is 19.9 Å². The van der Waals surface area contributed by atoms with E-state index in [0.717, 1.165) is 19.4 Å². The quantitative estimate of drug-likeness (QED) is 0.877. The molecule has 0 bridgehead atoms. The summed E-state index contributed by atoms with van der Waals surface area (Å²) in [5.41, 5.74) is 1.17. The zero-order chi connectivity index (χ0) is 15.6. The smallest absolute Gasteiger partial charge is 0.179 e. The summed E-state index contributed by atoms with van der Waals surface area (Å²) >= 11 is 0. The van der Waals surface area contributed by atoms with Gasteiger partial charge in [0.15, 0.2) is 9.84 Å². The zero-order valence-corrected chi connectivity index (χ0v) is 14.0. The van der Waals surface area contributed by atoms with Crippen molar-refractivity contribution in [2.24, 2.45) is 5.92 Å². The van der Waals surface area contributed by atoms with Gasteiger partial charge >= 0.3 is 0 Å². The Balaban J connectivity index is 2.16. The maximum atomic E-state index is 11.7. The van der Waals surface area contributed by atoms with Crippen LogP contribution in [0.25, 0.3) is 0 Å². The Bertz CT molecular complexity index is 598. The fraction of sp³-hybridized carbons (Fsp3) is 0.625. The van der Waals surface area contributed by atoms with Gasteiger partial charge in [-0.15, -0.1) is 0 Å². The Labute approximate surface area is 127 Å². The average molecular weight is 311 g/mol. The molecule has 3 unspecified atom stereocenters. The van der Waals surface area contributed by atoms with Crippen LogP contribution in [0.5, 0.6) is 5.75 Å². The summed E-state index contributed by atoms with van der Waals surface area (Å²) in [6.07, 6.45) is 3.45. The molecule has 0 aliphatic heterocycles. The van der Waals surface area contributed by atoms with E-state index in [9.17, 15) is 8.42 Å². The standard InChI is InChI=1S/C16H25NO3S/c1-5-8-17-14-10-13(11(14)2)12-6-7-16(21(4,18)19)15(9-12)20-3/h6-7,9,11,13-14,17H,5,8,10H2,1-4H3. The number of benzene rings is 1. The molecule has 0 amide bonds. The lowest BCUT2D eigenvalue weighted by Crippen LogP contribution is -2.48. The molecule has 0 saturated heterocycles. The molecule has 1 aliphatic rings. The number of nitrogens with one attached hydrogen (secondary N) is 1. The fourth-order valence-electron chi connectivity index (χ4n) is 3.05. The molecule has 0 heterocycles. The summed E-state index contributed by atoms with van der Waals surface area (Å²) in [5, 5.41) is 3.56. The normalized spacial score (nSPS) is 25.4. The van der Waals surface area contributed by atoms with Gasteiger partial charge in [-0.3, -0.25) is 0 Å². The van der Waals surface area contributed by atoms with Gasteiger partial charge in [0.25, 0.3) is 0 Å². The van der Waals surface area contributed by atoms with Gasteiger partial charge in [0.2, 0.25) is 0 Å². The average Bonchev–Trinajstić information content (AvgIpc) is 2.44. The predicted octanol–water partition coefficient (Wildman–Crippen LogP) is 2.59. The number of rotatable bonds is 6. The maximum Gasteiger partial charge on any atom is 0.179 e. The van der Waals surface area contributed by atoms with Crippen LogP contribution in [0.2, 0.25) is 0 Å². The summed E-state index contributed by atoms with van der Waals surface area (Å²) in [6.45, 7) is 5.47. The van der Waals surface area contributed by atoms with Gasteiger partial charge in [-0.05, 0) is 48.9 Å². The molecular weight excluding hydrogens is 286 g/mol. The van der Waals surface area contributed by atoms with E-state index in [1.54, 1.807) is 6.07 Å². The molecule has 21 heavy (non-hydrogen) atoms. The van der Waals surface area contributed by atoms with E-state index >= 15 is 0 Å². The Kier molecular flexibility index (Phi) is 4.94. The van der Waals surface area contributed by atoms with E-state index in [4.69, 9.17) is 4.74 Å². The lowest BCUT2D eigenvalue weighted by atomic mass is 9.67. The van der Waals surface area contributed by atoms with Crippen LogP contribution in [0.15, 0.2) is 23.1 Å². The highest BCUT2D eigenvalue weighted by Gasteiger charge is 2.38. The van der Waals surface area contributed by atoms with Crippen LogP contribution in [-0.4, -0.2) is 34.4 Å². The highest BCUT2D eigenvalue weighted by atomic mass is 32.2. The van der Waals surface area contributed by atoms with E-state index in [-0.39, 0.29) is 4.90 Å². The first-order valence-electron chi connectivity index (χ1n) is 7.49. The molecule has 0 spiro atoms. The number of hydrogen-bond donors (Lipinski definition) is 1. The Hall–Kier alpha value is -1.07. The monoisotopic (exact) mass is 311 g/mol. The minimum absolute atomic E-state index is 0.265. The molecule has 118 valence electrons. The molecule has 5 heteroatoms. The highest BCUT2D eigenvalue weighted by molar-refractivity contribution is 7.90. The third-order valence-corrected chi connectivity index (χ3v) is 5.59. The van der Waals surface area contributed by atoms with Crippen LogP contribution >= 0.6 is 0 Å². The van der Waals surface area contributed by atoms with Crippen LogP contribution < -0.4 is 10.1 Å². The maximum absolute atomic E-state index is 11.7. The molecule has 1 aromatic carbocycles. The van der Waals surface area contributed by atoms with Gasteiger partial charge in [0.1, 0.15) is 10.6 Å². The Morgan fingerprint density at radius 2 is 2.10 bits per heavy atom. The highest BCUT2D eigenvalue weighted by Crippen LogP contribution is 2.44. The van der Waals surface area contributed by atoms with Gasteiger partial charge in [-0.2, -0.15) is 0 Å². The van der Waals surface area contributed by atoms with Crippen molar-refractivity contribution in [3.8, 4) is 5.75 Å². The minimum atomic E-state index is -3.25. The minimum Gasteiger partial charge on any atom is -0.495 e. The fourth-order valence-corrected chi connectivity index (χ4v) is 3.87. The van der Waals surface area contributed by atoms with Crippen LogP contribution in [0, 0.1) is 5.92 Å². The van der Waals surface area contributed by atoms with E-state index in [0.29, 0.717) is 23.6 Å². The summed E-state index contributed by atoms with van der Waals surface area (Å²) in [4.78, 5) is 0.265. The molecule has 0 aromatic heterocycles. The topological polar surface area (TPSA) is 55.4 Å². The largest absolute Gasteiger partial charge is 0.495 e. The van der Waals surface area contributed by atoms with Crippen molar-refractivity contribution < 1.29 is 13.2 Å². The second-order valence-corrected chi connectivity index (χ2v) is 7.93. The lowest BCUT2D eigenvalue weighted by Gasteiger charge is -2.44. The zero-order valence-electron chi connectivity index (χ0n) is 13.2. The second kappa shape index (κ2) is 6.36. The van der Waals surface area contributed by atoms with Crippen molar-refractivity contribution in [2.75, 3.05) is 19.9 Å². The number of ether oxygens (including phenoxy) is 1. The number of sulfone groups is 1. The first-order valence-corrected chi connectivity index (χ1v) is 9.39. The summed E-state index contributed by atoms with van der Waals surface area (Å²) in [6, 6.07) is 6.04. The van der Waals surface area contributed by atoms with Crippen LogP contribution in [0.3, 0.4) is 0 Å². The molecule has 4 nitrogen and oxygen atoms in total. The molecule has 0 radical (unpaired) electrons. The van der Waals surface area contributed by atoms with Crippen molar-refractivity contribution in [3.05, 3.63) is 23.8 Å². The van der Waals surface area contributed by atoms with E-state index in [2.05, 4.69) is 19.2 Å². The van der Waals surface area contributed by atoms with Crippen LogP contribution in [-0.2, 0) is 9.84 Å². The molecule has 2 rings (SSSR count). The first-order chi connectivity index (χ1) is 9.88. The third-order valence-electron chi connectivity index (χ3n) is 4.45. The van der Waals surface area contributed by atoms with Gasteiger partial charge < -0.3 is 10.1 Å². The van der Waals surface area contributed by atoms with E-state index in [1.165, 1.54) is 18.9 Å². The Morgan fingerprint density at radius 1 is 1.38 bits per heavy atom. The molecule has 1 aromatic rings. The van der Waals surface area contributed by atoms with E-state index < -0.39 is 9.84 Å². The van der Waals surface area contributed by atoms with Crippen molar-refractivity contribution >= 4 is 9.84 Å². The SMILES string of the molecule is CCCNC1CC(c2ccc(S(C)(=O)=O)c(OC)c2)C1C. The number of methoxy groups -OCH3 is 1. The molecule has 3 atom stereocenters. The molecule has 1 fully saturated rings. The second-order valence-electron chi connectivity index (χ2n) is 5.94. The van der Waals surface area contributed by atoms with Crippen molar-refractivity contribution in [1.82, 2.24) is 5.32 Å². The van der Waals surface area contributed by atoms with Crippen molar-refractivity contribution in [2.45, 2.75) is 43.5 Å². The predicted molar refractivity (Wildman–Crippen MR) is 84.7 cm³/mol. The van der Waals surface area contributed by atoms with Gasteiger partial charge in [0.05, 0.1) is 7.11 Å². The van der Waals surface area contributed by atoms with Crippen LogP contribution in [0.4, 0.5) is 0 Å². The summed E-state index contributed by atoms with van der Waals surface area (Å²) < 4.78 is 28.7. The summed E-state index contributed by atoms with van der Waals surface area (Å²) in [5.74, 6) is 1.49. The molecule has 1 N–H and O–H groups in total. The molecule has 1 aliphatic carbocycles. The third kappa shape index (κ3) is 3.40. The van der Waals surface area contributed by atoms with Gasteiger partial charge in [-0.25, -0.2) is 8.42 Å². The molecule has 1 saturated carbocycles. The van der Waals surface area contributed by atoms with E-state index in [1.807, 2.05) is 12.1 Å². The van der Waals surface area contributed by atoms with Gasteiger partial charge in [0, 0.05) is 12.3 Å².